The zero-order valence-electron chi connectivity index (χ0n) is 10.6. The lowest BCUT2D eigenvalue weighted by Gasteiger charge is -2.09. The largest absolute Gasteiger partial charge is 0.496 e. The first kappa shape index (κ1) is 14.3. The van der Waals surface area contributed by atoms with E-state index in [2.05, 4.69) is 15.9 Å². The lowest BCUT2D eigenvalue weighted by molar-refractivity contribution is 0.0692. The van der Waals surface area contributed by atoms with Gasteiger partial charge in [-0.2, -0.15) is 0 Å². The van der Waals surface area contributed by atoms with Crippen LogP contribution in [0.1, 0.15) is 26.3 Å². The number of ketones is 1. The number of carboxylic acids is 1. The van der Waals surface area contributed by atoms with Crippen molar-refractivity contribution in [1.82, 2.24) is 0 Å². The molecule has 0 amide bonds. The smallest absolute Gasteiger partial charge is 0.336 e. The molecule has 0 aliphatic heterocycles. The molecular weight excluding hydrogens is 324 g/mol. The van der Waals surface area contributed by atoms with Crippen LogP contribution in [-0.2, 0) is 0 Å². The van der Waals surface area contributed by atoms with Gasteiger partial charge in [0.15, 0.2) is 5.78 Å². The highest BCUT2D eigenvalue weighted by molar-refractivity contribution is 9.10. The number of halogens is 1. The van der Waals surface area contributed by atoms with Crippen molar-refractivity contribution in [3.8, 4) is 5.75 Å². The Morgan fingerprint density at radius 3 is 2.30 bits per heavy atom. The molecule has 0 radical (unpaired) electrons. The molecule has 5 heteroatoms. The Bertz CT molecular complexity index is 679. The number of carbonyl (C=O) groups excluding carboxylic acids is 1. The zero-order chi connectivity index (χ0) is 14.7. The molecule has 2 rings (SSSR count). The van der Waals surface area contributed by atoms with E-state index in [0.717, 1.165) is 4.47 Å². The van der Waals surface area contributed by atoms with Gasteiger partial charge in [-0.15, -0.1) is 0 Å². The zero-order valence-corrected chi connectivity index (χ0v) is 12.2. The molecule has 0 fully saturated rings. The first-order valence-corrected chi connectivity index (χ1v) is 6.54. The van der Waals surface area contributed by atoms with Gasteiger partial charge in [0, 0.05) is 10.0 Å². The first-order valence-electron chi connectivity index (χ1n) is 5.75. The van der Waals surface area contributed by atoms with Crippen molar-refractivity contribution in [1.29, 1.82) is 0 Å². The molecule has 2 aromatic carbocycles. The Kier molecular flexibility index (Phi) is 4.20. The number of methoxy groups -OCH3 is 1. The molecule has 0 bridgehead atoms. The van der Waals surface area contributed by atoms with Crippen molar-refractivity contribution >= 4 is 27.7 Å². The van der Waals surface area contributed by atoms with E-state index in [1.54, 1.807) is 30.3 Å². The average molecular weight is 335 g/mol. The number of carbonyl (C=O) groups is 2. The van der Waals surface area contributed by atoms with E-state index in [4.69, 9.17) is 9.84 Å². The van der Waals surface area contributed by atoms with Crippen molar-refractivity contribution in [3.63, 3.8) is 0 Å². The minimum Gasteiger partial charge on any atom is -0.496 e. The summed E-state index contributed by atoms with van der Waals surface area (Å²) in [7, 11) is 1.46. The molecule has 0 saturated carbocycles. The van der Waals surface area contributed by atoms with Gasteiger partial charge in [0.25, 0.3) is 0 Å². The quantitative estimate of drug-likeness (QED) is 0.870. The van der Waals surface area contributed by atoms with Crippen LogP contribution in [0.15, 0.2) is 46.9 Å². The van der Waals surface area contributed by atoms with Crippen LogP contribution >= 0.6 is 15.9 Å². The molecule has 4 nitrogen and oxygen atoms in total. The van der Waals surface area contributed by atoms with Crippen LogP contribution < -0.4 is 4.74 Å². The molecule has 102 valence electrons. The highest BCUT2D eigenvalue weighted by Crippen LogP contribution is 2.26. The van der Waals surface area contributed by atoms with Gasteiger partial charge in [0.05, 0.1) is 18.2 Å². The maximum absolute atomic E-state index is 12.5. The van der Waals surface area contributed by atoms with E-state index in [1.165, 1.54) is 19.2 Å². The first-order chi connectivity index (χ1) is 9.54. The summed E-state index contributed by atoms with van der Waals surface area (Å²) in [6.07, 6.45) is 0. The molecular formula is C15H11BrO4. The fourth-order valence-electron chi connectivity index (χ4n) is 1.87. The Hall–Kier alpha value is -2.14. The maximum atomic E-state index is 12.5. The predicted molar refractivity (Wildman–Crippen MR) is 77.5 cm³/mol. The van der Waals surface area contributed by atoms with E-state index >= 15 is 0 Å². The fraction of sp³-hybridized carbons (Fsp3) is 0.0667. The molecule has 1 N–H and O–H groups in total. The monoisotopic (exact) mass is 334 g/mol. The summed E-state index contributed by atoms with van der Waals surface area (Å²) in [6.45, 7) is 0. The third kappa shape index (κ3) is 2.72. The van der Waals surface area contributed by atoms with Gasteiger partial charge in [-0.1, -0.05) is 34.1 Å². The van der Waals surface area contributed by atoms with Crippen molar-refractivity contribution in [2.75, 3.05) is 7.11 Å². The molecule has 0 saturated heterocycles. The fourth-order valence-corrected chi connectivity index (χ4v) is 2.21. The Morgan fingerprint density at radius 2 is 1.70 bits per heavy atom. The third-order valence-corrected chi connectivity index (χ3v) is 3.30. The molecule has 0 aliphatic carbocycles. The normalized spacial score (nSPS) is 10.1. The van der Waals surface area contributed by atoms with Crippen LogP contribution in [0.5, 0.6) is 5.75 Å². The molecule has 0 aromatic heterocycles. The van der Waals surface area contributed by atoms with E-state index in [-0.39, 0.29) is 16.9 Å². The summed E-state index contributed by atoms with van der Waals surface area (Å²) < 4.78 is 5.95. The molecule has 0 atom stereocenters. The Labute approximate surface area is 124 Å². The van der Waals surface area contributed by atoms with Crippen molar-refractivity contribution in [3.05, 3.63) is 63.6 Å². The SMILES string of the molecule is COc1cc(Br)ccc1C(=O)c1ccccc1C(=O)O. The molecule has 0 unspecified atom stereocenters. The highest BCUT2D eigenvalue weighted by Gasteiger charge is 2.20. The summed E-state index contributed by atoms with van der Waals surface area (Å²) in [5.41, 5.74) is 0.437. The van der Waals surface area contributed by atoms with Crippen molar-refractivity contribution in [2.24, 2.45) is 0 Å². The lowest BCUT2D eigenvalue weighted by atomic mass is 9.98. The topological polar surface area (TPSA) is 63.6 Å². The summed E-state index contributed by atoms with van der Waals surface area (Å²) in [5, 5.41) is 9.14. The van der Waals surface area contributed by atoms with Gasteiger partial charge in [0.2, 0.25) is 0 Å². The van der Waals surface area contributed by atoms with Gasteiger partial charge in [-0.05, 0) is 24.3 Å². The van der Waals surface area contributed by atoms with E-state index in [0.29, 0.717) is 11.3 Å². The standard InChI is InChI=1S/C15H11BrO4/c1-20-13-8-9(16)6-7-12(13)14(17)10-4-2-3-5-11(10)15(18)19/h2-8H,1H3,(H,18,19). The molecule has 0 spiro atoms. The summed E-state index contributed by atoms with van der Waals surface area (Å²) >= 11 is 3.29. The molecule has 20 heavy (non-hydrogen) atoms. The number of hydrogen-bond acceptors (Lipinski definition) is 3. The second kappa shape index (κ2) is 5.88. The number of benzene rings is 2. The second-order valence-corrected chi connectivity index (χ2v) is 4.94. The second-order valence-electron chi connectivity index (χ2n) is 4.02. The van der Waals surface area contributed by atoms with Crippen molar-refractivity contribution in [2.45, 2.75) is 0 Å². The van der Waals surface area contributed by atoms with Crippen LogP contribution in [0.25, 0.3) is 0 Å². The summed E-state index contributed by atoms with van der Waals surface area (Å²) in [5.74, 6) is -1.12. The lowest BCUT2D eigenvalue weighted by Crippen LogP contribution is -2.10. The van der Waals surface area contributed by atoms with Gasteiger partial charge >= 0.3 is 5.97 Å². The van der Waals surface area contributed by atoms with Crippen LogP contribution in [0, 0.1) is 0 Å². The molecule has 2 aromatic rings. The van der Waals surface area contributed by atoms with E-state index in [9.17, 15) is 9.59 Å². The summed E-state index contributed by atoms with van der Waals surface area (Å²) in [6, 6.07) is 11.1. The van der Waals surface area contributed by atoms with E-state index in [1.807, 2.05) is 0 Å². The average Bonchev–Trinajstić information content (AvgIpc) is 2.46. The number of ether oxygens (including phenoxy) is 1. The predicted octanol–water partition coefficient (Wildman–Crippen LogP) is 3.39. The van der Waals surface area contributed by atoms with Crippen LogP contribution in [0.4, 0.5) is 0 Å². The minimum absolute atomic E-state index is 0.0255. The van der Waals surface area contributed by atoms with Gasteiger partial charge < -0.3 is 9.84 Å². The van der Waals surface area contributed by atoms with Gasteiger partial charge in [0.1, 0.15) is 5.75 Å². The molecule has 0 heterocycles. The Morgan fingerprint density at radius 1 is 1.05 bits per heavy atom. The Balaban J connectivity index is 2.55. The summed E-state index contributed by atoms with van der Waals surface area (Å²) in [4.78, 5) is 23.7. The highest BCUT2D eigenvalue weighted by atomic mass is 79.9. The number of rotatable bonds is 4. The maximum Gasteiger partial charge on any atom is 0.336 e. The number of carboxylic acid groups (broad SMARTS) is 1. The molecule has 0 aliphatic rings. The van der Waals surface area contributed by atoms with Gasteiger partial charge in [-0.25, -0.2) is 4.79 Å². The minimum atomic E-state index is -1.13. The van der Waals surface area contributed by atoms with Crippen LogP contribution in [-0.4, -0.2) is 24.0 Å². The third-order valence-electron chi connectivity index (χ3n) is 2.81. The van der Waals surface area contributed by atoms with Crippen LogP contribution in [0.2, 0.25) is 0 Å². The van der Waals surface area contributed by atoms with Crippen LogP contribution in [0.3, 0.4) is 0 Å². The van der Waals surface area contributed by atoms with Gasteiger partial charge in [-0.3, -0.25) is 4.79 Å². The number of hydrogen-bond donors (Lipinski definition) is 1. The van der Waals surface area contributed by atoms with Crippen molar-refractivity contribution < 1.29 is 19.4 Å². The number of aromatic carboxylic acids is 1. The van der Waals surface area contributed by atoms with E-state index < -0.39 is 5.97 Å².